The molecule has 0 saturated heterocycles. The molecule has 0 bridgehead atoms. The summed E-state index contributed by atoms with van der Waals surface area (Å²) in [6, 6.07) is 2.10. The summed E-state index contributed by atoms with van der Waals surface area (Å²) in [6.45, 7) is 0. The molecule has 0 atom stereocenters. The molecule has 0 amide bonds. The number of methoxy groups -OCH3 is 1. The van der Waals surface area contributed by atoms with E-state index in [1.807, 2.05) is 0 Å². The number of alkyl halides is 3. The fraction of sp³-hybridized carbons (Fsp3) is 0.538. The van der Waals surface area contributed by atoms with E-state index in [2.05, 4.69) is 15.9 Å². The Morgan fingerprint density at radius 3 is 2.32 bits per heavy atom. The molecule has 1 aliphatic carbocycles. The topological polar surface area (TPSA) is 35.2 Å². The Kier molecular flexibility index (Phi) is 3.84. The summed E-state index contributed by atoms with van der Waals surface area (Å²) in [7, 11) is 1.36. The Morgan fingerprint density at radius 2 is 1.84 bits per heavy atom. The van der Waals surface area contributed by atoms with Crippen LogP contribution in [0.4, 0.5) is 13.2 Å². The van der Waals surface area contributed by atoms with Gasteiger partial charge in [0.2, 0.25) is 0 Å². The van der Waals surface area contributed by atoms with Crippen LogP contribution >= 0.6 is 15.9 Å². The average molecular weight is 338 g/mol. The third-order valence-corrected chi connectivity index (χ3v) is 4.22. The predicted molar refractivity (Wildman–Crippen MR) is 70.0 cm³/mol. The lowest BCUT2D eigenvalue weighted by molar-refractivity contribution is -0.137. The molecule has 1 saturated carbocycles. The van der Waals surface area contributed by atoms with Crippen LogP contribution in [0.2, 0.25) is 0 Å². The quantitative estimate of drug-likeness (QED) is 0.877. The largest absolute Gasteiger partial charge is 0.496 e. The highest BCUT2D eigenvalue weighted by Gasteiger charge is 2.38. The molecule has 0 unspecified atom stereocenters. The van der Waals surface area contributed by atoms with Gasteiger partial charge in [-0.1, -0.05) is 28.8 Å². The van der Waals surface area contributed by atoms with Crippen LogP contribution < -0.4 is 10.5 Å². The minimum Gasteiger partial charge on any atom is -0.496 e. The molecular weight excluding hydrogens is 323 g/mol. The second-order valence-corrected chi connectivity index (χ2v) is 5.75. The monoisotopic (exact) mass is 337 g/mol. The Morgan fingerprint density at radius 1 is 1.26 bits per heavy atom. The highest BCUT2D eigenvalue weighted by molar-refractivity contribution is 9.10. The van der Waals surface area contributed by atoms with Crippen molar-refractivity contribution in [1.82, 2.24) is 0 Å². The zero-order chi connectivity index (χ0) is 14.3. The Hall–Kier alpha value is -0.750. The molecule has 2 nitrogen and oxygen atoms in total. The summed E-state index contributed by atoms with van der Waals surface area (Å²) in [5.41, 5.74) is 5.63. The summed E-state index contributed by atoms with van der Waals surface area (Å²) in [6.07, 6.45) is -0.924. The van der Waals surface area contributed by atoms with E-state index in [9.17, 15) is 13.2 Å². The normalized spacial score (nSPS) is 18.6. The molecular formula is C13H15BrF3NO. The lowest BCUT2D eigenvalue weighted by atomic mass is 9.88. The molecule has 2 rings (SSSR count). The Balaban J connectivity index is 2.56. The van der Waals surface area contributed by atoms with Crippen LogP contribution in [0.5, 0.6) is 5.75 Å². The maximum absolute atomic E-state index is 12.8. The summed E-state index contributed by atoms with van der Waals surface area (Å²) in [5, 5.41) is 0. The zero-order valence-corrected chi connectivity index (χ0v) is 12.1. The van der Waals surface area contributed by atoms with Gasteiger partial charge in [0, 0.05) is 15.6 Å². The van der Waals surface area contributed by atoms with E-state index in [0.29, 0.717) is 10.0 Å². The summed E-state index contributed by atoms with van der Waals surface area (Å²) in [4.78, 5) is 0. The van der Waals surface area contributed by atoms with Gasteiger partial charge in [0.1, 0.15) is 5.75 Å². The maximum atomic E-state index is 12.8. The molecule has 1 fully saturated rings. The lowest BCUT2D eigenvalue weighted by Gasteiger charge is -2.28. The van der Waals surface area contributed by atoms with Gasteiger partial charge in [-0.15, -0.1) is 0 Å². The van der Waals surface area contributed by atoms with Crippen LogP contribution in [0.3, 0.4) is 0 Å². The first-order valence-corrected chi connectivity index (χ1v) is 6.81. The molecule has 0 aromatic heterocycles. The van der Waals surface area contributed by atoms with Gasteiger partial charge in [0.25, 0.3) is 0 Å². The van der Waals surface area contributed by atoms with Crippen LogP contribution in [0.1, 0.15) is 36.8 Å². The molecule has 1 aliphatic rings. The van der Waals surface area contributed by atoms with Crippen molar-refractivity contribution >= 4 is 15.9 Å². The molecule has 6 heteroatoms. The van der Waals surface area contributed by atoms with Crippen LogP contribution in [0.15, 0.2) is 16.6 Å². The summed E-state index contributed by atoms with van der Waals surface area (Å²) < 4.78 is 43.8. The fourth-order valence-corrected chi connectivity index (χ4v) is 3.48. The van der Waals surface area contributed by atoms with Crippen LogP contribution in [-0.4, -0.2) is 7.11 Å². The molecule has 19 heavy (non-hydrogen) atoms. The number of rotatable bonds is 2. The van der Waals surface area contributed by atoms with E-state index in [1.54, 1.807) is 0 Å². The molecule has 1 aromatic carbocycles. The highest BCUT2D eigenvalue weighted by atomic mass is 79.9. The standard InChI is InChI=1S/C13H15BrF3NO/c1-19-10-7-8(13(15,16)17)6-9(14)11(10)12(18)4-2-3-5-12/h6-7H,2-5,18H2,1H3. The third-order valence-electron chi connectivity index (χ3n) is 3.59. The predicted octanol–water partition coefficient (Wildman–Crippen LogP) is 4.20. The van der Waals surface area contributed by atoms with Crippen molar-refractivity contribution < 1.29 is 17.9 Å². The number of ether oxygens (including phenoxy) is 1. The number of hydrogen-bond acceptors (Lipinski definition) is 2. The maximum Gasteiger partial charge on any atom is 0.416 e. The van der Waals surface area contributed by atoms with Gasteiger partial charge in [0.15, 0.2) is 0 Å². The summed E-state index contributed by atoms with van der Waals surface area (Å²) >= 11 is 3.22. The molecule has 0 radical (unpaired) electrons. The van der Waals surface area contributed by atoms with Gasteiger partial charge in [0.05, 0.1) is 12.7 Å². The van der Waals surface area contributed by atoms with Gasteiger partial charge >= 0.3 is 6.18 Å². The zero-order valence-electron chi connectivity index (χ0n) is 10.5. The molecule has 0 aliphatic heterocycles. The van der Waals surface area contributed by atoms with Crippen LogP contribution in [0, 0.1) is 0 Å². The number of nitrogens with two attached hydrogens (primary N) is 1. The Bertz CT molecular complexity index is 482. The van der Waals surface area contributed by atoms with Crippen molar-refractivity contribution in [3.8, 4) is 5.75 Å². The fourth-order valence-electron chi connectivity index (χ4n) is 2.65. The van der Waals surface area contributed by atoms with Gasteiger partial charge in [-0.05, 0) is 25.0 Å². The first-order chi connectivity index (χ1) is 8.78. The third kappa shape index (κ3) is 2.74. The highest BCUT2D eigenvalue weighted by Crippen LogP contribution is 2.46. The Labute approximate surface area is 118 Å². The lowest BCUT2D eigenvalue weighted by Crippen LogP contribution is -2.34. The van der Waals surface area contributed by atoms with Crippen molar-refractivity contribution in [3.63, 3.8) is 0 Å². The van der Waals surface area contributed by atoms with Gasteiger partial charge in [-0.2, -0.15) is 13.2 Å². The molecule has 0 heterocycles. The van der Waals surface area contributed by atoms with Crippen molar-refractivity contribution in [2.24, 2.45) is 5.73 Å². The van der Waals surface area contributed by atoms with Crippen LogP contribution in [0.25, 0.3) is 0 Å². The van der Waals surface area contributed by atoms with Gasteiger partial charge in [-0.25, -0.2) is 0 Å². The van der Waals surface area contributed by atoms with Gasteiger partial charge in [-0.3, -0.25) is 0 Å². The molecule has 106 valence electrons. The van der Waals surface area contributed by atoms with Crippen LogP contribution in [-0.2, 0) is 11.7 Å². The van der Waals surface area contributed by atoms with E-state index in [0.717, 1.165) is 37.8 Å². The number of halogens is 4. The van der Waals surface area contributed by atoms with E-state index in [-0.39, 0.29) is 5.75 Å². The molecule has 2 N–H and O–H groups in total. The first-order valence-electron chi connectivity index (χ1n) is 6.02. The minimum absolute atomic E-state index is 0.200. The van der Waals surface area contributed by atoms with Crippen molar-refractivity contribution in [1.29, 1.82) is 0 Å². The average Bonchev–Trinajstić information content (AvgIpc) is 2.74. The van der Waals surface area contributed by atoms with Crippen molar-refractivity contribution in [2.75, 3.05) is 7.11 Å². The second-order valence-electron chi connectivity index (χ2n) is 4.90. The SMILES string of the molecule is COc1cc(C(F)(F)F)cc(Br)c1C1(N)CCCC1. The second kappa shape index (κ2) is 4.98. The van der Waals surface area contributed by atoms with E-state index < -0.39 is 17.3 Å². The van der Waals surface area contributed by atoms with E-state index in [1.165, 1.54) is 7.11 Å². The van der Waals surface area contributed by atoms with E-state index in [4.69, 9.17) is 10.5 Å². The molecule has 1 aromatic rings. The summed E-state index contributed by atoms with van der Waals surface area (Å²) in [5.74, 6) is 0.200. The van der Waals surface area contributed by atoms with Crippen molar-refractivity contribution in [2.45, 2.75) is 37.4 Å². The smallest absolute Gasteiger partial charge is 0.416 e. The number of benzene rings is 1. The van der Waals surface area contributed by atoms with E-state index >= 15 is 0 Å². The number of hydrogen-bond donors (Lipinski definition) is 1. The minimum atomic E-state index is -4.40. The first kappa shape index (κ1) is 14.7. The molecule has 0 spiro atoms. The van der Waals surface area contributed by atoms with Crippen molar-refractivity contribution in [3.05, 3.63) is 27.7 Å². The van der Waals surface area contributed by atoms with Gasteiger partial charge < -0.3 is 10.5 Å².